The highest BCUT2D eigenvalue weighted by molar-refractivity contribution is 7.16. The van der Waals surface area contributed by atoms with Gasteiger partial charge in [0.2, 0.25) is 5.91 Å². The Balaban J connectivity index is 1.54. The van der Waals surface area contributed by atoms with Crippen molar-refractivity contribution < 1.29 is 14.0 Å². The maximum absolute atomic E-state index is 13.6. The molecular weight excluding hydrogens is 401 g/mol. The van der Waals surface area contributed by atoms with E-state index in [9.17, 15) is 14.0 Å². The van der Waals surface area contributed by atoms with Crippen LogP contribution >= 0.6 is 11.3 Å². The maximum atomic E-state index is 13.6. The van der Waals surface area contributed by atoms with Gasteiger partial charge in [-0.1, -0.05) is 25.0 Å². The van der Waals surface area contributed by atoms with Crippen molar-refractivity contribution in [3.63, 3.8) is 0 Å². The van der Waals surface area contributed by atoms with Crippen molar-refractivity contribution in [2.24, 2.45) is 0 Å². The first-order valence-electron chi connectivity index (χ1n) is 10.4. The highest BCUT2D eigenvalue weighted by Crippen LogP contribution is 2.35. The fourth-order valence-corrected chi connectivity index (χ4v) is 5.59. The number of rotatable bonds is 4. The number of amides is 2. The van der Waals surface area contributed by atoms with Crippen LogP contribution in [0.15, 0.2) is 41.8 Å². The normalized spacial score (nSPS) is 21.9. The van der Waals surface area contributed by atoms with E-state index in [4.69, 9.17) is 0 Å². The molecule has 30 heavy (non-hydrogen) atoms. The van der Waals surface area contributed by atoms with Gasteiger partial charge in [0.15, 0.2) is 0 Å². The van der Waals surface area contributed by atoms with Crippen LogP contribution in [-0.2, 0) is 17.9 Å². The van der Waals surface area contributed by atoms with Gasteiger partial charge in [-0.2, -0.15) is 0 Å². The number of carbonyl (C=O) groups excluding carboxylic acids is 2. The number of nitrogens with one attached hydrogen (secondary N) is 1. The third-order valence-corrected chi connectivity index (χ3v) is 7.41. The van der Waals surface area contributed by atoms with Gasteiger partial charge in [0.05, 0.1) is 6.54 Å². The number of thiophene rings is 1. The predicted molar refractivity (Wildman–Crippen MR) is 115 cm³/mol. The smallest absolute Gasteiger partial charge is 0.271 e. The van der Waals surface area contributed by atoms with Crippen LogP contribution in [0.2, 0.25) is 0 Å². The summed E-state index contributed by atoms with van der Waals surface area (Å²) in [7, 11) is 0. The van der Waals surface area contributed by atoms with Crippen LogP contribution in [-0.4, -0.2) is 32.9 Å². The molecule has 5 rings (SSSR count). The third-order valence-electron chi connectivity index (χ3n) is 6.46. The Kier molecular flexibility index (Phi) is 4.65. The zero-order valence-electron chi connectivity index (χ0n) is 16.9. The van der Waals surface area contributed by atoms with Gasteiger partial charge in [0.1, 0.15) is 21.9 Å². The average molecular weight is 426 g/mol. The lowest BCUT2D eigenvalue weighted by Crippen LogP contribution is -2.64. The quantitative estimate of drug-likeness (QED) is 0.677. The number of fused-ring (bicyclic) bond motifs is 3. The molecule has 5 nitrogen and oxygen atoms in total. The van der Waals surface area contributed by atoms with Crippen LogP contribution in [0.4, 0.5) is 4.39 Å². The number of hydrogen-bond donors (Lipinski definition) is 1. The molecule has 1 fully saturated rings. The Morgan fingerprint density at radius 3 is 2.70 bits per heavy atom. The Labute approximate surface area is 178 Å². The van der Waals surface area contributed by atoms with Gasteiger partial charge < -0.3 is 14.8 Å². The minimum Gasteiger partial charge on any atom is -0.351 e. The van der Waals surface area contributed by atoms with Crippen LogP contribution < -0.4 is 5.32 Å². The number of hydrogen-bond acceptors (Lipinski definition) is 3. The lowest BCUT2D eigenvalue weighted by Gasteiger charge is -2.44. The minimum absolute atomic E-state index is 0.117. The Morgan fingerprint density at radius 2 is 1.97 bits per heavy atom. The molecule has 3 aromatic rings. The van der Waals surface area contributed by atoms with Crippen molar-refractivity contribution in [3.05, 3.63) is 58.9 Å². The highest BCUT2D eigenvalue weighted by Gasteiger charge is 2.48. The van der Waals surface area contributed by atoms with Gasteiger partial charge in [-0.15, -0.1) is 11.3 Å². The van der Waals surface area contributed by atoms with Crippen LogP contribution in [0, 0.1) is 5.82 Å². The van der Waals surface area contributed by atoms with E-state index in [0.29, 0.717) is 12.2 Å². The molecule has 0 saturated heterocycles. The number of nitrogens with zero attached hydrogens (tertiary/aromatic N) is 2. The molecule has 7 heteroatoms. The lowest BCUT2D eigenvalue weighted by molar-refractivity contribution is -0.133. The molecule has 0 unspecified atom stereocenters. The van der Waals surface area contributed by atoms with Gasteiger partial charge in [-0.3, -0.25) is 9.59 Å². The van der Waals surface area contributed by atoms with E-state index in [1.807, 2.05) is 29.0 Å². The third kappa shape index (κ3) is 3.12. The second-order valence-electron chi connectivity index (χ2n) is 8.54. The summed E-state index contributed by atoms with van der Waals surface area (Å²) in [5, 5.41) is 6.22. The van der Waals surface area contributed by atoms with Gasteiger partial charge in [-0.05, 0) is 55.0 Å². The molecule has 2 amide bonds. The van der Waals surface area contributed by atoms with Crippen molar-refractivity contribution in [1.29, 1.82) is 0 Å². The zero-order valence-corrected chi connectivity index (χ0v) is 17.7. The van der Waals surface area contributed by atoms with Gasteiger partial charge in [-0.25, -0.2) is 4.39 Å². The average Bonchev–Trinajstić information content (AvgIpc) is 3.45. The molecule has 1 aromatic carbocycles. The maximum Gasteiger partial charge on any atom is 0.271 e. The molecule has 3 heterocycles. The Hall–Kier alpha value is -2.67. The summed E-state index contributed by atoms with van der Waals surface area (Å²) in [6.07, 6.45) is 4.21. The van der Waals surface area contributed by atoms with Crippen molar-refractivity contribution in [1.82, 2.24) is 14.8 Å². The second kappa shape index (κ2) is 7.23. The first kappa shape index (κ1) is 19.3. The molecule has 0 spiro atoms. The molecule has 0 bridgehead atoms. The minimum atomic E-state index is -1.03. The summed E-state index contributed by atoms with van der Waals surface area (Å²) >= 11 is 1.58. The summed E-state index contributed by atoms with van der Waals surface area (Å²) in [5.74, 6) is -0.605. The van der Waals surface area contributed by atoms with Crippen molar-refractivity contribution >= 4 is 33.4 Å². The van der Waals surface area contributed by atoms with Crippen molar-refractivity contribution in [2.45, 2.75) is 57.3 Å². The molecule has 156 valence electrons. The monoisotopic (exact) mass is 425 g/mol. The molecule has 1 saturated carbocycles. The zero-order chi connectivity index (χ0) is 20.9. The topological polar surface area (TPSA) is 54.3 Å². The standard InChI is InChI=1S/C23H24FN3O2S/c1-23(22(29)25-18-4-2-3-5-18)14-26-19(12-16-10-11-30-21(16)26)20(28)27(23)13-15-6-8-17(24)9-7-15/h6-12,18H,2-5,13-14H2,1H3,(H,25,29)/t23-/m1/s1. The fourth-order valence-electron chi connectivity index (χ4n) is 4.69. The van der Waals surface area contributed by atoms with Crippen LogP contribution in [0.1, 0.15) is 48.7 Å². The van der Waals surface area contributed by atoms with E-state index in [2.05, 4.69) is 5.32 Å². The molecule has 0 radical (unpaired) electrons. The van der Waals surface area contributed by atoms with Crippen LogP contribution in [0.25, 0.3) is 10.2 Å². The largest absolute Gasteiger partial charge is 0.351 e. The molecule has 1 aliphatic heterocycles. The van der Waals surface area contributed by atoms with Gasteiger partial charge >= 0.3 is 0 Å². The number of carbonyl (C=O) groups is 2. The summed E-state index contributed by atoms with van der Waals surface area (Å²) in [4.78, 5) is 29.7. The molecule has 1 N–H and O–H groups in total. The van der Waals surface area contributed by atoms with E-state index in [-0.39, 0.29) is 30.2 Å². The fraction of sp³-hybridized carbons (Fsp3) is 0.391. The van der Waals surface area contributed by atoms with E-state index < -0.39 is 5.54 Å². The SMILES string of the molecule is C[C@]1(C(=O)NC2CCCC2)Cn2c(cc3ccsc32)C(=O)N1Cc1ccc(F)cc1. The highest BCUT2D eigenvalue weighted by atomic mass is 32.1. The summed E-state index contributed by atoms with van der Waals surface area (Å²) in [6, 6.07) is 10.2. The molecule has 1 atom stereocenters. The van der Waals surface area contributed by atoms with Crippen molar-refractivity contribution in [3.8, 4) is 0 Å². The summed E-state index contributed by atoms with van der Waals surface area (Å²) < 4.78 is 15.4. The first-order chi connectivity index (χ1) is 14.5. The van der Waals surface area contributed by atoms with E-state index in [0.717, 1.165) is 41.5 Å². The number of benzene rings is 1. The first-order valence-corrected chi connectivity index (χ1v) is 11.3. The van der Waals surface area contributed by atoms with Gasteiger partial charge in [0, 0.05) is 18.0 Å². The van der Waals surface area contributed by atoms with E-state index >= 15 is 0 Å². The molecule has 1 aliphatic carbocycles. The summed E-state index contributed by atoms with van der Waals surface area (Å²) in [6.45, 7) is 2.51. The molecular formula is C23H24FN3O2S. The Bertz CT molecular complexity index is 1110. The van der Waals surface area contributed by atoms with Gasteiger partial charge in [0.25, 0.3) is 5.91 Å². The molecule has 2 aliphatic rings. The lowest BCUT2D eigenvalue weighted by atomic mass is 9.93. The van der Waals surface area contributed by atoms with Crippen LogP contribution in [0.3, 0.4) is 0 Å². The second-order valence-corrected chi connectivity index (χ2v) is 9.44. The van der Waals surface area contributed by atoms with Crippen LogP contribution in [0.5, 0.6) is 0 Å². The van der Waals surface area contributed by atoms with E-state index in [1.54, 1.807) is 28.4 Å². The van der Waals surface area contributed by atoms with E-state index in [1.165, 1.54) is 12.1 Å². The van der Waals surface area contributed by atoms with Crippen molar-refractivity contribution in [2.75, 3.05) is 0 Å². The molecule has 2 aromatic heterocycles. The number of halogens is 1. The predicted octanol–water partition coefficient (Wildman–Crippen LogP) is 4.32. The Morgan fingerprint density at radius 1 is 1.23 bits per heavy atom. The number of aromatic nitrogens is 1. The summed E-state index contributed by atoms with van der Waals surface area (Å²) in [5.41, 5.74) is 0.369.